The average molecular weight is 313 g/mol. The van der Waals surface area contributed by atoms with Crippen LogP contribution in [0.15, 0.2) is 29.2 Å². The summed E-state index contributed by atoms with van der Waals surface area (Å²) in [4.78, 5) is -0.343. The molecule has 2 N–H and O–H groups in total. The third-order valence-corrected chi connectivity index (χ3v) is 3.66. The summed E-state index contributed by atoms with van der Waals surface area (Å²) in [6.45, 7) is 1.47. The van der Waals surface area contributed by atoms with Gasteiger partial charge in [0.05, 0.1) is 11.0 Å². The van der Waals surface area contributed by atoms with Crippen LogP contribution in [0, 0.1) is 0 Å². The van der Waals surface area contributed by atoms with Crippen molar-refractivity contribution >= 4 is 10.0 Å². The number of alkyl halides is 3. The number of nitrogens with one attached hydrogen (secondary N) is 1. The van der Waals surface area contributed by atoms with Gasteiger partial charge in [0.1, 0.15) is 5.75 Å². The van der Waals surface area contributed by atoms with Gasteiger partial charge < -0.3 is 9.84 Å². The molecule has 0 aliphatic rings. The third kappa shape index (κ3) is 5.76. The molecular weight excluding hydrogens is 299 g/mol. The van der Waals surface area contributed by atoms with Crippen LogP contribution < -0.4 is 9.46 Å². The van der Waals surface area contributed by atoms with Crippen LogP contribution in [0.25, 0.3) is 0 Å². The average Bonchev–Trinajstić information content (AvgIpc) is 2.26. The van der Waals surface area contributed by atoms with E-state index in [1.54, 1.807) is 0 Å². The molecule has 0 saturated heterocycles. The molecule has 0 aliphatic heterocycles. The van der Waals surface area contributed by atoms with Crippen LogP contribution in [0.5, 0.6) is 5.75 Å². The number of hydrogen-bond acceptors (Lipinski definition) is 4. The topological polar surface area (TPSA) is 75.6 Å². The van der Waals surface area contributed by atoms with Crippen LogP contribution in [0.4, 0.5) is 13.2 Å². The van der Waals surface area contributed by atoms with E-state index >= 15 is 0 Å². The fraction of sp³-hybridized carbons (Fsp3) is 0.455. The highest BCUT2D eigenvalue weighted by atomic mass is 32.2. The molecule has 0 saturated carbocycles. The molecule has 1 aromatic carbocycles. The lowest BCUT2D eigenvalue weighted by atomic mass is 10.3. The van der Waals surface area contributed by atoms with Crippen LogP contribution in [0.1, 0.15) is 13.3 Å². The first-order valence-electron chi connectivity index (χ1n) is 5.64. The lowest BCUT2D eigenvalue weighted by Gasteiger charge is -2.11. The van der Waals surface area contributed by atoms with Crippen molar-refractivity contribution in [3.63, 3.8) is 0 Å². The lowest BCUT2D eigenvalue weighted by molar-refractivity contribution is -0.274. The number of sulfonamides is 1. The van der Waals surface area contributed by atoms with E-state index in [4.69, 9.17) is 5.11 Å². The first-order valence-corrected chi connectivity index (χ1v) is 7.12. The molecule has 9 heteroatoms. The van der Waals surface area contributed by atoms with E-state index in [-0.39, 0.29) is 17.9 Å². The fourth-order valence-electron chi connectivity index (χ4n) is 1.32. The largest absolute Gasteiger partial charge is 0.573 e. The normalized spacial score (nSPS) is 14.1. The maximum absolute atomic E-state index is 12.0. The Morgan fingerprint density at radius 1 is 1.40 bits per heavy atom. The van der Waals surface area contributed by atoms with E-state index in [0.29, 0.717) is 0 Å². The number of aliphatic hydroxyl groups is 1. The molecule has 1 aromatic rings. The highest BCUT2D eigenvalue weighted by molar-refractivity contribution is 7.89. The predicted octanol–water partition coefficient (Wildman–Crippen LogP) is 1.63. The van der Waals surface area contributed by atoms with E-state index < -0.39 is 28.2 Å². The second kappa shape index (κ2) is 6.42. The zero-order valence-electron chi connectivity index (χ0n) is 10.5. The van der Waals surface area contributed by atoms with E-state index in [1.165, 1.54) is 6.92 Å². The monoisotopic (exact) mass is 313 g/mol. The Morgan fingerprint density at radius 3 is 2.60 bits per heavy atom. The van der Waals surface area contributed by atoms with Gasteiger partial charge in [0.15, 0.2) is 0 Å². The zero-order valence-corrected chi connectivity index (χ0v) is 11.3. The molecule has 1 atom stereocenters. The van der Waals surface area contributed by atoms with Gasteiger partial charge in [-0.25, -0.2) is 13.1 Å². The Hall–Kier alpha value is -1.32. The number of ether oxygens (including phenoxy) is 1. The van der Waals surface area contributed by atoms with Crippen molar-refractivity contribution < 1.29 is 31.4 Å². The molecule has 114 valence electrons. The number of halogens is 3. The maximum Gasteiger partial charge on any atom is 0.573 e. The van der Waals surface area contributed by atoms with Crippen molar-refractivity contribution in [3.05, 3.63) is 24.3 Å². The standard InChI is InChI=1S/C11H14F3NO4S/c1-8(16)5-6-15-20(17,18)10-4-2-3-9(7-10)19-11(12,13)14/h2-4,7-8,15-16H,5-6H2,1H3/t8-/m0/s1. The molecule has 1 rings (SSSR count). The molecule has 0 aromatic heterocycles. The van der Waals surface area contributed by atoms with Crippen molar-refractivity contribution in [3.8, 4) is 5.75 Å². The molecular formula is C11H14F3NO4S. The van der Waals surface area contributed by atoms with E-state index in [9.17, 15) is 21.6 Å². The summed E-state index contributed by atoms with van der Waals surface area (Å²) in [5.41, 5.74) is 0. The number of hydrogen-bond donors (Lipinski definition) is 2. The van der Waals surface area contributed by atoms with Crippen molar-refractivity contribution in [1.82, 2.24) is 4.72 Å². The summed E-state index contributed by atoms with van der Waals surface area (Å²) in [6, 6.07) is 4.07. The highest BCUT2D eigenvalue weighted by Crippen LogP contribution is 2.24. The van der Waals surface area contributed by atoms with E-state index in [1.807, 2.05) is 0 Å². The second-order valence-corrected chi connectivity index (χ2v) is 5.83. The van der Waals surface area contributed by atoms with Crippen LogP contribution in [0.2, 0.25) is 0 Å². The summed E-state index contributed by atoms with van der Waals surface area (Å²) >= 11 is 0. The molecule has 0 aliphatic carbocycles. The van der Waals surface area contributed by atoms with Gasteiger partial charge in [-0.1, -0.05) is 6.07 Å². The Balaban J connectivity index is 2.82. The highest BCUT2D eigenvalue weighted by Gasteiger charge is 2.31. The van der Waals surface area contributed by atoms with Gasteiger partial charge in [-0.3, -0.25) is 0 Å². The summed E-state index contributed by atoms with van der Waals surface area (Å²) in [5, 5.41) is 9.01. The van der Waals surface area contributed by atoms with Crippen molar-refractivity contribution in [2.45, 2.75) is 30.7 Å². The van der Waals surface area contributed by atoms with Crippen molar-refractivity contribution in [2.24, 2.45) is 0 Å². The van der Waals surface area contributed by atoms with Gasteiger partial charge in [0.25, 0.3) is 0 Å². The Morgan fingerprint density at radius 2 is 2.05 bits per heavy atom. The molecule has 0 amide bonds. The van der Waals surface area contributed by atoms with Gasteiger partial charge in [-0.2, -0.15) is 0 Å². The van der Waals surface area contributed by atoms with Gasteiger partial charge in [-0.15, -0.1) is 13.2 Å². The van der Waals surface area contributed by atoms with Gasteiger partial charge in [0, 0.05) is 12.6 Å². The summed E-state index contributed by atoms with van der Waals surface area (Å²) in [5.74, 6) is -0.615. The minimum absolute atomic E-state index is 0.0235. The molecule has 0 bridgehead atoms. The maximum atomic E-state index is 12.0. The first kappa shape index (κ1) is 16.7. The number of aliphatic hydroxyl groups excluding tert-OH is 1. The molecule has 0 fully saturated rings. The molecule has 0 unspecified atom stereocenters. The van der Waals surface area contributed by atoms with Crippen LogP contribution in [-0.2, 0) is 10.0 Å². The first-order chi connectivity index (χ1) is 9.10. The molecule has 0 spiro atoms. The quantitative estimate of drug-likeness (QED) is 0.837. The molecule has 0 radical (unpaired) electrons. The second-order valence-electron chi connectivity index (χ2n) is 4.06. The smallest absolute Gasteiger partial charge is 0.406 e. The predicted molar refractivity (Wildman–Crippen MR) is 64.6 cm³/mol. The van der Waals surface area contributed by atoms with Crippen LogP contribution in [-0.4, -0.2) is 32.5 Å². The molecule has 20 heavy (non-hydrogen) atoms. The molecule has 5 nitrogen and oxygen atoms in total. The number of benzene rings is 1. The van der Waals surface area contributed by atoms with Gasteiger partial charge in [-0.05, 0) is 25.5 Å². The SMILES string of the molecule is C[C@H](O)CCNS(=O)(=O)c1cccc(OC(F)(F)F)c1. The van der Waals surface area contributed by atoms with Crippen molar-refractivity contribution in [1.29, 1.82) is 0 Å². The van der Waals surface area contributed by atoms with E-state index in [0.717, 1.165) is 24.3 Å². The number of rotatable bonds is 6. The Kier molecular flexibility index (Phi) is 5.37. The summed E-state index contributed by atoms with van der Waals surface area (Å²) in [7, 11) is -3.94. The van der Waals surface area contributed by atoms with Gasteiger partial charge in [0.2, 0.25) is 10.0 Å². The van der Waals surface area contributed by atoms with E-state index in [2.05, 4.69) is 9.46 Å². The van der Waals surface area contributed by atoms with Gasteiger partial charge >= 0.3 is 6.36 Å². The van der Waals surface area contributed by atoms with Crippen LogP contribution >= 0.6 is 0 Å². The fourth-order valence-corrected chi connectivity index (χ4v) is 2.41. The van der Waals surface area contributed by atoms with Crippen molar-refractivity contribution in [2.75, 3.05) is 6.54 Å². The summed E-state index contributed by atoms with van der Waals surface area (Å²) < 4.78 is 65.6. The molecule has 0 heterocycles. The zero-order chi connectivity index (χ0) is 15.4. The Bertz CT molecular complexity index is 543. The minimum Gasteiger partial charge on any atom is -0.406 e. The van der Waals surface area contributed by atoms with Crippen LogP contribution in [0.3, 0.4) is 0 Å². The summed E-state index contributed by atoms with van der Waals surface area (Å²) in [6.07, 6.45) is -5.38. The minimum atomic E-state index is -4.89. The Labute approximate surface area is 114 Å². The lowest BCUT2D eigenvalue weighted by Crippen LogP contribution is -2.27. The third-order valence-electron chi connectivity index (χ3n) is 2.20.